The van der Waals surface area contributed by atoms with Crippen LogP contribution in [0.5, 0.6) is 0 Å². The van der Waals surface area contributed by atoms with Gasteiger partial charge in [0.05, 0.1) is 18.9 Å². The van der Waals surface area contributed by atoms with Gasteiger partial charge in [-0.05, 0) is 6.92 Å². The summed E-state index contributed by atoms with van der Waals surface area (Å²) >= 11 is 0. The van der Waals surface area contributed by atoms with Crippen LogP contribution in [0.3, 0.4) is 0 Å². The lowest BCUT2D eigenvalue weighted by Crippen LogP contribution is -2.40. The van der Waals surface area contributed by atoms with Crippen LogP contribution < -0.4 is 9.80 Å². The van der Waals surface area contributed by atoms with E-state index in [0.29, 0.717) is 49.3 Å². The minimum absolute atomic E-state index is 0.355. The molecule has 2 aromatic rings. The molecule has 2 amide bonds. The van der Waals surface area contributed by atoms with E-state index in [1.165, 1.54) is 13.8 Å². The van der Waals surface area contributed by atoms with E-state index in [-0.39, 0.29) is 11.8 Å². The number of carbonyl (C=O) groups is 2. The second-order valence-corrected chi connectivity index (χ2v) is 6.14. The number of aryl methyl sites for hydroxylation is 1. The average Bonchev–Trinajstić information content (AvgIpc) is 2.64. The lowest BCUT2D eigenvalue weighted by Gasteiger charge is -2.32. The molecule has 0 saturated carbocycles. The minimum atomic E-state index is -0.355. The summed E-state index contributed by atoms with van der Waals surface area (Å²) in [5.41, 5.74) is 1.92. The molecule has 1 aromatic heterocycles. The highest BCUT2D eigenvalue weighted by atomic mass is 16.5. The van der Waals surface area contributed by atoms with Crippen LogP contribution in [0, 0.1) is 6.92 Å². The van der Waals surface area contributed by atoms with Gasteiger partial charge in [-0.1, -0.05) is 30.3 Å². The molecular weight excluding hydrogens is 332 g/mol. The number of amides is 2. The fourth-order valence-corrected chi connectivity index (χ4v) is 3.06. The Balaban J connectivity index is 2.19. The van der Waals surface area contributed by atoms with E-state index in [2.05, 4.69) is 4.98 Å². The van der Waals surface area contributed by atoms with Crippen LogP contribution in [0.2, 0.25) is 0 Å². The molecule has 1 aliphatic heterocycles. The Kier molecular flexibility index (Phi) is 5.27. The Bertz CT molecular complexity index is 803. The highest BCUT2D eigenvalue weighted by molar-refractivity contribution is 6.15. The van der Waals surface area contributed by atoms with Crippen molar-refractivity contribution in [3.8, 4) is 11.4 Å². The molecule has 1 aromatic carbocycles. The summed E-state index contributed by atoms with van der Waals surface area (Å²) in [6.45, 7) is 6.96. The molecule has 2 heterocycles. The average molecular weight is 354 g/mol. The summed E-state index contributed by atoms with van der Waals surface area (Å²) in [6.07, 6.45) is 0. The predicted molar refractivity (Wildman–Crippen MR) is 99.1 cm³/mol. The van der Waals surface area contributed by atoms with Gasteiger partial charge in [-0.15, -0.1) is 0 Å². The number of benzene rings is 1. The lowest BCUT2D eigenvalue weighted by molar-refractivity contribution is -0.124. The van der Waals surface area contributed by atoms with Crippen molar-refractivity contribution >= 4 is 23.3 Å². The third-order valence-corrected chi connectivity index (χ3v) is 4.24. The first-order valence-electron chi connectivity index (χ1n) is 8.57. The molecule has 7 nitrogen and oxygen atoms in total. The Morgan fingerprint density at radius 3 is 2.23 bits per heavy atom. The Morgan fingerprint density at radius 1 is 1.04 bits per heavy atom. The molecule has 1 saturated heterocycles. The summed E-state index contributed by atoms with van der Waals surface area (Å²) in [5.74, 6) is 0.447. The van der Waals surface area contributed by atoms with Gasteiger partial charge in [0.1, 0.15) is 5.69 Å². The van der Waals surface area contributed by atoms with E-state index >= 15 is 0 Å². The lowest BCUT2D eigenvalue weighted by atomic mass is 10.2. The molecule has 3 rings (SSSR count). The number of anilines is 2. The zero-order chi connectivity index (χ0) is 18.7. The van der Waals surface area contributed by atoms with E-state index in [1.54, 1.807) is 6.92 Å². The van der Waals surface area contributed by atoms with E-state index < -0.39 is 0 Å². The largest absolute Gasteiger partial charge is 0.378 e. The monoisotopic (exact) mass is 354 g/mol. The molecule has 0 aliphatic carbocycles. The molecule has 26 heavy (non-hydrogen) atoms. The van der Waals surface area contributed by atoms with Crippen LogP contribution in [0.25, 0.3) is 11.4 Å². The van der Waals surface area contributed by atoms with Gasteiger partial charge < -0.3 is 9.64 Å². The van der Waals surface area contributed by atoms with Crippen molar-refractivity contribution in [3.63, 3.8) is 0 Å². The second-order valence-electron chi connectivity index (χ2n) is 6.14. The van der Waals surface area contributed by atoms with Crippen molar-refractivity contribution in [3.05, 3.63) is 36.0 Å². The first-order chi connectivity index (χ1) is 12.5. The maximum absolute atomic E-state index is 12.1. The van der Waals surface area contributed by atoms with Crippen molar-refractivity contribution in [2.45, 2.75) is 20.8 Å². The van der Waals surface area contributed by atoms with Gasteiger partial charge >= 0.3 is 0 Å². The third-order valence-electron chi connectivity index (χ3n) is 4.24. The first kappa shape index (κ1) is 18.0. The quantitative estimate of drug-likeness (QED) is 0.841. The van der Waals surface area contributed by atoms with Crippen molar-refractivity contribution in [1.29, 1.82) is 0 Å². The van der Waals surface area contributed by atoms with Crippen LogP contribution in [-0.4, -0.2) is 48.1 Å². The van der Waals surface area contributed by atoms with Crippen molar-refractivity contribution in [1.82, 2.24) is 9.97 Å². The zero-order valence-corrected chi connectivity index (χ0v) is 15.2. The topological polar surface area (TPSA) is 75.6 Å². The summed E-state index contributed by atoms with van der Waals surface area (Å²) < 4.78 is 5.43. The molecular formula is C19H22N4O3. The molecule has 7 heteroatoms. The highest BCUT2D eigenvalue weighted by Crippen LogP contribution is 2.33. The number of hydrogen-bond acceptors (Lipinski definition) is 6. The maximum atomic E-state index is 12.1. The zero-order valence-electron chi connectivity index (χ0n) is 15.2. The molecule has 0 atom stereocenters. The molecule has 0 spiro atoms. The number of ether oxygens (including phenoxy) is 1. The molecule has 0 unspecified atom stereocenters. The highest BCUT2D eigenvalue weighted by Gasteiger charge is 2.28. The number of hydrogen-bond donors (Lipinski definition) is 0. The Morgan fingerprint density at radius 2 is 1.65 bits per heavy atom. The molecule has 1 fully saturated rings. The molecule has 136 valence electrons. The van der Waals surface area contributed by atoms with E-state index in [4.69, 9.17) is 9.72 Å². The van der Waals surface area contributed by atoms with Gasteiger partial charge in [0.15, 0.2) is 11.6 Å². The summed E-state index contributed by atoms with van der Waals surface area (Å²) in [4.78, 5) is 36.8. The first-order valence-corrected chi connectivity index (χ1v) is 8.57. The van der Waals surface area contributed by atoms with E-state index in [9.17, 15) is 9.59 Å². The number of aromatic nitrogens is 2. The van der Waals surface area contributed by atoms with Gasteiger partial charge in [-0.3, -0.25) is 9.59 Å². The molecule has 0 N–H and O–H groups in total. The number of carbonyl (C=O) groups excluding carboxylic acids is 2. The van der Waals surface area contributed by atoms with E-state index in [0.717, 1.165) is 10.5 Å². The normalized spacial score (nSPS) is 14.2. The van der Waals surface area contributed by atoms with Gasteiger partial charge in [0.25, 0.3) is 0 Å². The van der Waals surface area contributed by atoms with Crippen molar-refractivity contribution < 1.29 is 14.3 Å². The van der Waals surface area contributed by atoms with Crippen LogP contribution in [-0.2, 0) is 14.3 Å². The maximum Gasteiger partial charge on any atom is 0.230 e. The van der Waals surface area contributed by atoms with E-state index in [1.807, 2.05) is 35.2 Å². The van der Waals surface area contributed by atoms with Gasteiger partial charge in [-0.2, -0.15) is 0 Å². The predicted octanol–water partition coefficient (Wildman–Crippen LogP) is 2.19. The fraction of sp³-hybridized carbons (Fsp3) is 0.368. The SMILES string of the molecule is CC(=O)N(C(C)=O)c1c(C)nc(-c2ccccc2)nc1N1CCOCC1. The van der Waals surface area contributed by atoms with Crippen LogP contribution in [0.1, 0.15) is 19.5 Å². The summed E-state index contributed by atoms with van der Waals surface area (Å²) in [5, 5.41) is 0. The molecule has 0 radical (unpaired) electrons. The van der Waals surface area contributed by atoms with Crippen molar-refractivity contribution in [2.24, 2.45) is 0 Å². The number of nitrogens with zero attached hydrogens (tertiary/aromatic N) is 4. The minimum Gasteiger partial charge on any atom is -0.378 e. The summed E-state index contributed by atoms with van der Waals surface area (Å²) in [6, 6.07) is 9.65. The number of imide groups is 1. The van der Waals surface area contributed by atoms with Gasteiger partial charge in [0, 0.05) is 32.5 Å². The smallest absolute Gasteiger partial charge is 0.230 e. The van der Waals surface area contributed by atoms with Crippen LogP contribution in [0.4, 0.5) is 11.5 Å². The van der Waals surface area contributed by atoms with Gasteiger partial charge in [-0.25, -0.2) is 14.9 Å². The van der Waals surface area contributed by atoms with Crippen LogP contribution in [0.15, 0.2) is 30.3 Å². The molecule has 1 aliphatic rings. The second kappa shape index (κ2) is 7.61. The van der Waals surface area contributed by atoms with Gasteiger partial charge in [0.2, 0.25) is 11.8 Å². The van der Waals surface area contributed by atoms with Crippen LogP contribution >= 0.6 is 0 Å². The van der Waals surface area contributed by atoms with Crippen molar-refractivity contribution in [2.75, 3.05) is 36.1 Å². The Hall–Kier alpha value is -2.80. The summed E-state index contributed by atoms with van der Waals surface area (Å²) in [7, 11) is 0. The molecule has 0 bridgehead atoms. The standard InChI is InChI=1S/C19H22N4O3/c1-13-17(23(14(2)24)15(3)25)19(22-9-11-26-12-10-22)21-18(20-13)16-7-5-4-6-8-16/h4-8H,9-12H2,1-3H3. The Labute approximate surface area is 152 Å². The number of rotatable bonds is 3. The number of morpholine rings is 1. The third kappa shape index (κ3) is 3.57. The fourth-order valence-electron chi connectivity index (χ4n) is 3.06.